The normalized spacial score (nSPS) is 25.5. The molecule has 2 rings (SSSR count). The smallest absolute Gasteiger partial charge is 0.158 e. The highest BCUT2D eigenvalue weighted by Crippen LogP contribution is 2.45. The third-order valence-electron chi connectivity index (χ3n) is 3.33. The van der Waals surface area contributed by atoms with Crippen LogP contribution in [0.4, 0.5) is 0 Å². The van der Waals surface area contributed by atoms with Crippen LogP contribution in [0.2, 0.25) is 0 Å². The van der Waals surface area contributed by atoms with Gasteiger partial charge in [-0.05, 0) is 18.3 Å². The number of hydrogen-bond donors (Lipinski definition) is 1. The lowest BCUT2D eigenvalue weighted by Gasteiger charge is -2.28. The minimum absolute atomic E-state index is 0.0212. The fraction of sp³-hybridized carbons (Fsp3) is 0.800. The highest BCUT2D eigenvalue weighted by Gasteiger charge is 2.36. The molecule has 1 saturated carbocycles. The summed E-state index contributed by atoms with van der Waals surface area (Å²) in [5.74, 6) is 0.685. The van der Waals surface area contributed by atoms with Gasteiger partial charge in [-0.3, -0.25) is 0 Å². The summed E-state index contributed by atoms with van der Waals surface area (Å²) in [7, 11) is 0. The van der Waals surface area contributed by atoms with E-state index >= 15 is 0 Å². The Hall–Kier alpha value is -0.900. The topological polar surface area (TPSA) is 50.9 Å². The molecule has 1 atom stereocenters. The van der Waals surface area contributed by atoms with Gasteiger partial charge in [0.15, 0.2) is 5.82 Å². The molecule has 1 aliphatic rings. The molecule has 0 bridgehead atoms. The Balaban J connectivity index is 2.30. The van der Waals surface area contributed by atoms with Crippen molar-refractivity contribution in [2.75, 3.05) is 0 Å². The summed E-state index contributed by atoms with van der Waals surface area (Å²) in [6, 6.07) is 0.444. The van der Waals surface area contributed by atoms with Crippen molar-refractivity contribution in [2.24, 2.45) is 5.41 Å². The molecule has 1 N–H and O–H groups in total. The molecule has 0 aliphatic heterocycles. The molecule has 0 saturated heterocycles. The average Bonchev–Trinajstić information content (AvgIpc) is 2.69. The largest absolute Gasteiger partial charge is 0.388 e. The summed E-state index contributed by atoms with van der Waals surface area (Å²) in [4.78, 5) is 0. The maximum atomic E-state index is 9.11. The van der Waals surface area contributed by atoms with Gasteiger partial charge >= 0.3 is 0 Å². The highest BCUT2D eigenvalue weighted by atomic mass is 16.3. The van der Waals surface area contributed by atoms with Gasteiger partial charge in [0.2, 0.25) is 0 Å². The molecule has 1 aromatic rings. The van der Waals surface area contributed by atoms with Crippen molar-refractivity contribution >= 4 is 0 Å². The molecule has 78 valence electrons. The highest BCUT2D eigenvalue weighted by molar-refractivity contribution is 4.96. The molecule has 1 unspecified atom stereocenters. The van der Waals surface area contributed by atoms with Gasteiger partial charge in [-0.15, -0.1) is 10.2 Å². The number of aliphatic hydroxyl groups excluding tert-OH is 1. The maximum absolute atomic E-state index is 9.11. The zero-order chi connectivity index (χ0) is 10.2. The van der Waals surface area contributed by atoms with Crippen LogP contribution in [0, 0.1) is 5.41 Å². The standard InChI is InChI=1S/C10H17N3O/c1-10(2)5-3-4-8(10)13-7-11-12-9(13)6-14/h7-8,14H,3-6H2,1-2H3. The number of aromatic nitrogens is 3. The SMILES string of the molecule is CC1(C)CCCC1n1cnnc1CO. The van der Waals surface area contributed by atoms with Crippen LogP contribution in [-0.4, -0.2) is 19.9 Å². The zero-order valence-electron chi connectivity index (χ0n) is 8.77. The van der Waals surface area contributed by atoms with Gasteiger partial charge < -0.3 is 9.67 Å². The van der Waals surface area contributed by atoms with Crippen LogP contribution in [0.15, 0.2) is 6.33 Å². The summed E-state index contributed by atoms with van der Waals surface area (Å²) >= 11 is 0. The summed E-state index contributed by atoms with van der Waals surface area (Å²) in [6.07, 6.45) is 5.39. The molecule has 0 amide bonds. The lowest BCUT2D eigenvalue weighted by atomic mass is 9.87. The van der Waals surface area contributed by atoms with Crippen molar-refractivity contribution in [2.45, 2.75) is 45.8 Å². The van der Waals surface area contributed by atoms with E-state index in [1.165, 1.54) is 12.8 Å². The van der Waals surface area contributed by atoms with E-state index in [1.54, 1.807) is 6.33 Å². The van der Waals surface area contributed by atoms with E-state index < -0.39 is 0 Å². The lowest BCUT2D eigenvalue weighted by molar-refractivity contribution is 0.224. The molecule has 0 spiro atoms. The Bertz CT molecular complexity index is 319. The maximum Gasteiger partial charge on any atom is 0.158 e. The second kappa shape index (κ2) is 3.35. The van der Waals surface area contributed by atoms with Crippen LogP contribution in [-0.2, 0) is 6.61 Å². The first-order valence-electron chi connectivity index (χ1n) is 5.14. The predicted molar refractivity (Wildman–Crippen MR) is 52.6 cm³/mol. The van der Waals surface area contributed by atoms with Crippen LogP contribution in [0.1, 0.15) is 45.0 Å². The van der Waals surface area contributed by atoms with Gasteiger partial charge in [0.05, 0.1) is 0 Å². The van der Waals surface area contributed by atoms with Crippen LogP contribution in [0.3, 0.4) is 0 Å². The van der Waals surface area contributed by atoms with Crippen LogP contribution < -0.4 is 0 Å². The van der Waals surface area contributed by atoms with E-state index in [2.05, 4.69) is 24.0 Å². The fourth-order valence-corrected chi connectivity index (χ4v) is 2.46. The molecule has 14 heavy (non-hydrogen) atoms. The van der Waals surface area contributed by atoms with Crippen LogP contribution >= 0.6 is 0 Å². The molecule has 0 aromatic carbocycles. The van der Waals surface area contributed by atoms with Crippen molar-refractivity contribution in [3.63, 3.8) is 0 Å². The van der Waals surface area contributed by atoms with Crippen molar-refractivity contribution in [1.29, 1.82) is 0 Å². The van der Waals surface area contributed by atoms with Crippen LogP contribution in [0.5, 0.6) is 0 Å². The molecule has 1 aliphatic carbocycles. The monoisotopic (exact) mass is 195 g/mol. The first-order valence-corrected chi connectivity index (χ1v) is 5.14. The Morgan fingerprint density at radius 2 is 2.43 bits per heavy atom. The van der Waals surface area contributed by atoms with Gasteiger partial charge in [-0.25, -0.2) is 0 Å². The number of rotatable bonds is 2. The summed E-state index contributed by atoms with van der Waals surface area (Å²) < 4.78 is 2.03. The minimum Gasteiger partial charge on any atom is -0.388 e. The summed E-state index contributed by atoms with van der Waals surface area (Å²) in [5.41, 5.74) is 0.298. The Morgan fingerprint density at radius 1 is 1.64 bits per heavy atom. The number of nitrogens with zero attached hydrogens (tertiary/aromatic N) is 3. The predicted octanol–water partition coefficient (Wildman–Crippen LogP) is 1.52. The Labute approximate surface area is 84.0 Å². The molecule has 4 heteroatoms. The second-order valence-electron chi connectivity index (χ2n) is 4.71. The first-order chi connectivity index (χ1) is 6.65. The van der Waals surface area contributed by atoms with Gasteiger partial charge in [0.1, 0.15) is 12.9 Å². The number of hydrogen-bond acceptors (Lipinski definition) is 3. The first kappa shape index (κ1) is 9.65. The zero-order valence-corrected chi connectivity index (χ0v) is 8.77. The molecular weight excluding hydrogens is 178 g/mol. The van der Waals surface area contributed by atoms with Crippen molar-refractivity contribution in [3.05, 3.63) is 12.2 Å². The molecule has 4 nitrogen and oxygen atoms in total. The quantitative estimate of drug-likeness (QED) is 0.778. The van der Waals surface area contributed by atoms with E-state index in [1.807, 2.05) is 4.57 Å². The number of aliphatic hydroxyl groups is 1. The molecule has 1 aromatic heterocycles. The van der Waals surface area contributed by atoms with E-state index in [-0.39, 0.29) is 6.61 Å². The average molecular weight is 195 g/mol. The molecule has 1 heterocycles. The third-order valence-corrected chi connectivity index (χ3v) is 3.33. The van der Waals surface area contributed by atoms with Crippen molar-refractivity contribution < 1.29 is 5.11 Å². The third kappa shape index (κ3) is 1.43. The summed E-state index contributed by atoms with van der Waals surface area (Å²) in [6.45, 7) is 4.52. The van der Waals surface area contributed by atoms with Gasteiger partial charge in [-0.1, -0.05) is 20.3 Å². The molecular formula is C10H17N3O. The fourth-order valence-electron chi connectivity index (χ4n) is 2.46. The summed E-state index contributed by atoms with van der Waals surface area (Å²) in [5, 5.41) is 16.9. The minimum atomic E-state index is -0.0212. The van der Waals surface area contributed by atoms with E-state index in [4.69, 9.17) is 5.11 Å². The van der Waals surface area contributed by atoms with E-state index in [0.29, 0.717) is 17.3 Å². The van der Waals surface area contributed by atoms with Gasteiger partial charge in [0, 0.05) is 6.04 Å². The second-order valence-corrected chi connectivity index (χ2v) is 4.71. The van der Waals surface area contributed by atoms with Crippen LogP contribution in [0.25, 0.3) is 0 Å². The van der Waals surface area contributed by atoms with E-state index in [0.717, 1.165) is 6.42 Å². The Kier molecular flexibility index (Phi) is 2.31. The van der Waals surface area contributed by atoms with E-state index in [9.17, 15) is 0 Å². The molecule has 1 fully saturated rings. The molecule has 0 radical (unpaired) electrons. The van der Waals surface area contributed by atoms with Gasteiger partial charge in [0.25, 0.3) is 0 Å². The lowest BCUT2D eigenvalue weighted by Crippen LogP contribution is -2.22. The van der Waals surface area contributed by atoms with Crippen molar-refractivity contribution in [3.8, 4) is 0 Å². The van der Waals surface area contributed by atoms with Crippen molar-refractivity contribution in [1.82, 2.24) is 14.8 Å². The van der Waals surface area contributed by atoms with Gasteiger partial charge in [-0.2, -0.15) is 0 Å². The Morgan fingerprint density at radius 3 is 3.00 bits per heavy atom.